The minimum absolute atomic E-state index is 0.475. The lowest BCUT2D eigenvalue weighted by atomic mass is 10.1. The average Bonchev–Trinajstić information content (AvgIpc) is 2.11. The monoisotopic (exact) mass is 217 g/mol. The van der Waals surface area contributed by atoms with Gasteiger partial charge in [0, 0.05) is 0 Å². The van der Waals surface area contributed by atoms with E-state index < -0.39 is 6.04 Å². The van der Waals surface area contributed by atoms with Gasteiger partial charge in [0.1, 0.15) is 6.29 Å². The number of benzene rings is 1. The van der Waals surface area contributed by atoms with Crippen LogP contribution in [-0.2, 0) is 11.2 Å². The van der Waals surface area contributed by atoms with E-state index in [4.69, 9.17) is 28.9 Å². The molecule has 0 spiro atoms. The second-order valence-corrected chi connectivity index (χ2v) is 3.57. The Kier molecular flexibility index (Phi) is 3.72. The highest BCUT2D eigenvalue weighted by atomic mass is 35.5. The Bertz CT molecular complexity index is 314. The molecular formula is C9H9Cl2NO. The number of halogens is 2. The van der Waals surface area contributed by atoms with E-state index in [0.29, 0.717) is 22.8 Å². The van der Waals surface area contributed by atoms with Gasteiger partial charge in [-0.2, -0.15) is 0 Å². The highest BCUT2D eigenvalue weighted by Gasteiger charge is 2.04. The molecule has 4 heteroatoms. The Balaban J connectivity index is 2.79. The lowest BCUT2D eigenvalue weighted by Crippen LogP contribution is -2.23. The summed E-state index contributed by atoms with van der Waals surface area (Å²) >= 11 is 11.5. The van der Waals surface area contributed by atoms with E-state index in [2.05, 4.69) is 0 Å². The van der Waals surface area contributed by atoms with Gasteiger partial charge in [0.25, 0.3) is 0 Å². The van der Waals surface area contributed by atoms with Crippen molar-refractivity contribution < 1.29 is 4.79 Å². The van der Waals surface area contributed by atoms with Crippen molar-refractivity contribution in [3.8, 4) is 0 Å². The van der Waals surface area contributed by atoms with Gasteiger partial charge in [0.2, 0.25) is 0 Å². The van der Waals surface area contributed by atoms with Crippen LogP contribution in [0.1, 0.15) is 5.56 Å². The number of rotatable bonds is 3. The molecule has 0 aliphatic rings. The third-order valence-electron chi connectivity index (χ3n) is 1.63. The van der Waals surface area contributed by atoms with Gasteiger partial charge in [-0.25, -0.2) is 0 Å². The van der Waals surface area contributed by atoms with E-state index in [1.165, 1.54) is 0 Å². The number of hydrogen-bond donors (Lipinski definition) is 1. The molecule has 0 heterocycles. The minimum Gasteiger partial charge on any atom is -0.321 e. The Labute approximate surface area is 86.6 Å². The number of aldehydes is 1. The summed E-state index contributed by atoms with van der Waals surface area (Å²) in [5.74, 6) is 0. The molecule has 0 bridgehead atoms. The molecule has 0 aliphatic carbocycles. The standard InChI is InChI=1S/C9H9Cl2NO/c10-8-2-1-6(4-9(8)11)3-7(12)5-13/h1-2,4-5,7H,3,12H2. The summed E-state index contributed by atoms with van der Waals surface area (Å²) < 4.78 is 0. The van der Waals surface area contributed by atoms with Crippen molar-refractivity contribution >= 4 is 29.5 Å². The first kappa shape index (κ1) is 10.5. The fourth-order valence-electron chi connectivity index (χ4n) is 0.987. The number of hydrogen-bond acceptors (Lipinski definition) is 2. The van der Waals surface area contributed by atoms with Gasteiger partial charge in [-0.1, -0.05) is 29.3 Å². The summed E-state index contributed by atoms with van der Waals surface area (Å²) in [5.41, 5.74) is 6.36. The molecule has 1 aromatic carbocycles. The van der Waals surface area contributed by atoms with E-state index in [1.54, 1.807) is 18.2 Å². The molecule has 0 saturated heterocycles. The normalized spacial score (nSPS) is 12.5. The molecule has 0 aromatic heterocycles. The number of nitrogens with two attached hydrogens (primary N) is 1. The van der Waals surface area contributed by atoms with Crippen molar-refractivity contribution in [2.45, 2.75) is 12.5 Å². The zero-order valence-corrected chi connectivity index (χ0v) is 8.35. The van der Waals surface area contributed by atoms with E-state index in [-0.39, 0.29) is 0 Å². The smallest absolute Gasteiger partial charge is 0.137 e. The molecule has 1 rings (SSSR count). The van der Waals surface area contributed by atoms with E-state index in [0.717, 1.165) is 5.56 Å². The molecule has 0 amide bonds. The minimum atomic E-state index is -0.475. The zero-order chi connectivity index (χ0) is 9.84. The third-order valence-corrected chi connectivity index (χ3v) is 2.37. The third kappa shape index (κ3) is 2.99. The van der Waals surface area contributed by atoms with Crippen LogP contribution in [0.5, 0.6) is 0 Å². The Morgan fingerprint density at radius 1 is 1.38 bits per heavy atom. The van der Waals surface area contributed by atoms with Crippen molar-refractivity contribution in [2.24, 2.45) is 5.73 Å². The molecule has 0 aliphatic heterocycles. The predicted octanol–water partition coefficient (Wildman–Crippen LogP) is 2.06. The van der Waals surface area contributed by atoms with Crippen molar-refractivity contribution in [1.82, 2.24) is 0 Å². The van der Waals surface area contributed by atoms with Gasteiger partial charge in [0.15, 0.2) is 0 Å². The van der Waals surface area contributed by atoms with Crippen LogP contribution in [0.3, 0.4) is 0 Å². The Morgan fingerprint density at radius 3 is 2.62 bits per heavy atom. The van der Waals surface area contributed by atoms with E-state index in [1.807, 2.05) is 0 Å². The highest BCUT2D eigenvalue weighted by molar-refractivity contribution is 6.42. The molecule has 0 fully saturated rings. The van der Waals surface area contributed by atoms with Crippen LogP contribution in [0.4, 0.5) is 0 Å². The van der Waals surface area contributed by atoms with Gasteiger partial charge in [0.05, 0.1) is 16.1 Å². The van der Waals surface area contributed by atoms with Crippen molar-refractivity contribution in [3.05, 3.63) is 33.8 Å². The van der Waals surface area contributed by atoms with E-state index in [9.17, 15) is 4.79 Å². The molecule has 1 unspecified atom stereocenters. The van der Waals surface area contributed by atoms with Gasteiger partial charge in [-0.05, 0) is 24.1 Å². The summed E-state index contributed by atoms with van der Waals surface area (Å²) in [7, 11) is 0. The van der Waals surface area contributed by atoms with Crippen LogP contribution in [0.15, 0.2) is 18.2 Å². The molecule has 13 heavy (non-hydrogen) atoms. The highest BCUT2D eigenvalue weighted by Crippen LogP contribution is 2.22. The topological polar surface area (TPSA) is 43.1 Å². The first-order valence-corrected chi connectivity index (χ1v) is 4.54. The van der Waals surface area contributed by atoms with Crippen LogP contribution in [0, 0.1) is 0 Å². The van der Waals surface area contributed by atoms with Crippen LogP contribution in [0.2, 0.25) is 10.0 Å². The molecule has 70 valence electrons. The Hall–Kier alpha value is -0.570. The van der Waals surface area contributed by atoms with Gasteiger partial charge in [-0.15, -0.1) is 0 Å². The molecule has 2 nitrogen and oxygen atoms in total. The lowest BCUT2D eigenvalue weighted by molar-refractivity contribution is -0.108. The fourth-order valence-corrected chi connectivity index (χ4v) is 1.31. The van der Waals surface area contributed by atoms with Crippen LogP contribution < -0.4 is 5.73 Å². The predicted molar refractivity (Wildman–Crippen MR) is 54.2 cm³/mol. The average molecular weight is 218 g/mol. The second-order valence-electron chi connectivity index (χ2n) is 2.75. The SMILES string of the molecule is NC(C=O)Cc1ccc(Cl)c(Cl)c1. The lowest BCUT2D eigenvalue weighted by Gasteiger charge is -2.04. The summed E-state index contributed by atoms with van der Waals surface area (Å²) in [6.45, 7) is 0. The van der Waals surface area contributed by atoms with E-state index >= 15 is 0 Å². The zero-order valence-electron chi connectivity index (χ0n) is 6.84. The molecule has 0 radical (unpaired) electrons. The van der Waals surface area contributed by atoms with Crippen LogP contribution >= 0.6 is 23.2 Å². The quantitative estimate of drug-likeness (QED) is 0.789. The molecule has 1 atom stereocenters. The summed E-state index contributed by atoms with van der Waals surface area (Å²) in [6, 6.07) is 4.74. The summed E-state index contributed by atoms with van der Waals surface area (Å²) in [4.78, 5) is 10.3. The molecule has 0 saturated carbocycles. The first-order chi connectivity index (χ1) is 6.13. The number of carbonyl (C=O) groups excluding carboxylic acids is 1. The summed E-state index contributed by atoms with van der Waals surface area (Å²) in [6.07, 6.45) is 1.20. The first-order valence-electron chi connectivity index (χ1n) is 3.78. The van der Waals surface area contributed by atoms with Crippen LogP contribution in [-0.4, -0.2) is 12.3 Å². The van der Waals surface area contributed by atoms with Crippen molar-refractivity contribution in [2.75, 3.05) is 0 Å². The molecular weight excluding hydrogens is 209 g/mol. The summed E-state index contributed by atoms with van der Waals surface area (Å²) in [5, 5.41) is 0.988. The molecule has 2 N–H and O–H groups in total. The van der Waals surface area contributed by atoms with Gasteiger partial charge in [-0.3, -0.25) is 0 Å². The van der Waals surface area contributed by atoms with Crippen molar-refractivity contribution in [3.63, 3.8) is 0 Å². The van der Waals surface area contributed by atoms with Crippen LogP contribution in [0.25, 0.3) is 0 Å². The van der Waals surface area contributed by atoms with Gasteiger partial charge >= 0.3 is 0 Å². The van der Waals surface area contributed by atoms with Crippen molar-refractivity contribution in [1.29, 1.82) is 0 Å². The van der Waals surface area contributed by atoms with Gasteiger partial charge < -0.3 is 10.5 Å². The fraction of sp³-hybridized carbons (Fsp3) is 0.222. The maximum absolute atomic E-state index is 10.3. The second kappa shape index (κ2) is 4.61. The maximum atomic E-state index is 10.3. The maximum Gasteiger partial charge on any atom is 0.137 e. The largest absolute Gasteiger partial charge is 0.321 e. The molecule has 1 aromatic rings. The Morgan fingerprint density at radius 2 is 2.08 bits per heavy atom. The number of carbonyl (C=O) groups is 1.